The van der Waals surface area contributed by atoms with Crippen LogP contribution in [0.15, 0.2) is 146 Å². The van der Waals surface area contributed by atoms with Gasteiger partial charge in [-0.15, -0.1) is 11.3 Å². The lowest BCUT2D eigenvalue weighted by atomic mass is 9.97. The number of rotatable bonds is 4. The lowest BCUT2D eigenvalue weighted by molar-refractivity contribution is 1.23. The number of nitrogens with zero attached hydrogens (tertiary/aromatic N) is 2. The van der Waals surface area contributed by atoms with Crippen LogP contribution in [0.1, 0.15) is 0 Å². The molecular formula is C38H24N2S. The molecule has 0 atom stereocenters. The predicted molar refractivity (Wildman–Crippen MR) is 174 cm³/mol. The highest BCUT2D eigenvalue weighted by Crippen LogP contribution is 2.37. The molecule has 0 saturated carbocycles. The van der Waals surface area contributed by atoms with Gasteiger partial charge in [-0.3, -0.25) is 0 Å². The Morgan fingerprint density at radius 3 is 1.71 bits per heavy atom. The van der Waals surface area contributed by atoms with Crippen LogP contribution in [-0.2, 0) is 0 Å². The summed E-state index contributed by atoms with van der Waals surface area (Å²) in [5, 5.41) is 3.70. The van der Waals surface area contributed by atoms with Gasteiger partial charge in [0.2, 0.25) is 0 Å². The third-order valence-electron chi connectivity index (χ3n) is 7.70. The number of benzene rings is 6. The minimum atomic E-state index is 0.737. The van der Waals surface area contributed by atoms with Gasteiger partial charge < -0.3 is 0 Å². The fraction of sp³-hybridized carbons (Fsp3) is 0. The summed E-state index contributed by atoms with van der Waals surface area (Å²) in [6, 6.07) is 51.4. The summed E-state index contributed by atoms with van der Waals surface area (Å²) in [5.41, 5.74) is 8.74. The van der Waals surface area contributed by atoms with Crippen LogP contribution in [0.4, 0.5) is 0 Å². The largest absolute Gasteiger partial charge is 0.228 e. The highest BCUT2D eigenvalue weighted by atomic mass is 32.1. The zero-order valence-electron chi connectivity index (χ0n) is 22.2. The lowest BCUT2D eigenvalue weighted by Gasteiger charge is -2.11. The minimum absolute atomic E-state index is 0.737. The molecule has 0 amide bonds. The fourth-order valence-corrected chi connectivity index (χ4v) is 6.69. The molecule has 0 N–H and O–H groups in total. The van der Waals surface area contributed by atoms with Crippen molar-refractivity contribution >= 4 is 42.4 Å². The third-order valence-corrected chi connectivity index (χ3v) is 8.86. The number of fused-ring (bicyclic) bond motifs is 4. The Bertz CT molecular complexity index is 2180. The summed E-state index contributed by atoms with van der Waals surface area (Å²) in [4.78, 5) is 10.0. The highest BCUT2D eigenvalue weighted by Gasteiger charge is 2.13. The molecule has 3 heteroatoms. The molecule has 0 saturated heterocycles. The van der Waals surface area contributed by atoms with E-state index in [0.29, 0.717) is 0 Å². The second kappa shape index (κ2) is 9.81. The average molecular weight is 541 g/mol. The maximum Gasteiger partial charge on any atom is 0.160 e. The van der Waals surface area contributed by atoms with Crippen molar-refractivity contribution in [3.05, 3.63) is 146 Å². The maximum atomic E-state index is 5.02. The second-order valence-electron chi connectivity index (χ2n) is 10.2. The van der Waals surface area contributed by atoms with Gasteiger partial charge >= 0.3 is 0 Å². The molecule has 8 rings (SSSR count). The van der Waals surface area contributed by atoms with Crippen molar-refractivity contribution < 1.29 is 0 Å². The molecule has 0 aliphatic carbocycles. The molecular weight excluding hydrogens is 516 g/mol. The van der Waals surface area contributed by atoms with Crippen molar-refractivity contribution in [1.82, 2.24) is 9.97 Å². The Balaban J connectivity index is 1.20. The maximum absolute atomic E-state index is 5.02. The summed E-state index contributed by atoms with van der Waals surface area (Å²) in [6.45, 7) is 0. The van der Waals surface area contributed by atoms with Crippen LogP contribution in [0, 0.1) is 0 Å². The molecule has 2 aromatic heterocycles. The molecule has 2 heterocycles. The molecule has 0 radical (unpaired) electrons. The van der Waals surface area contributed by atoms with Gasteiger partial charge in [0.25, 0.3) is 0 Å². The topological polar surface area (TPSA) is 25.8 Å². The van der Waals surface area contributed by atoms with Gasteiger partial charge in [0, 0.05) is 36.7 Å². The molecule has 0 spiro atoms. The standard InChI is InChI=1S/C38H24N2S/c1-3-9-27(10-4-1)37-32-21-19-30(24-34(32)39-38(40-37)28-11-5-2-6-12-28)26-17-15-25(16-18-26)29-20-22-36-33(23-29)31-13-7-8-14-35(31)41-36/h1-24H. The van der Waals surface area contributed by atoms with E-state index in [4.69, 9.17) is 9.97 Å². The number of aromatic nitrogens is 2. The van der Waals surface area contributed by atoms with Gasteiger partial charge in [0.15, 0.2) is 5.82 Å². The van der Waals surface area contributed by atoms with E-state index in [1.807, 2.05) is 35.6 Å². The number of hydrogen-bond acceptors (Lipinski definition) is 3. The van der Waals surface area contributed by atoms with Crippen molar-refractivity contribution in [1.29, 1.82) is 0 Å². The van der Waals surface area contributed by atoms with Gasteiger partial charge in [-0.05, 0) is 52.6 Å². The summed E-state index contributed by atoms with van der Waals surface area (Å²) in [6.07, 6.45) is 0. The molecule has 6 aromatic carbocycles. The first-order chi connectivity index (χ1) is 20.3. The van der Waals surface area contributed by atoms with E-state index in [1.54, 1.807) is 0 Å². The second-order valence-corrected chi connectivity index (χ2v) is 11.3. The molecule has 0 aliphatic heterocycles. The third kappa shape index (κ3) is 4.28. The SMILES string of the molecule is c1ccc(-c2nc(-c3ccccc3)c3ccc(-c4ccc(-c5ccc6sc7ccccc7c6c5)cc4)cc3n2)cc1. The lowest BCUT2D eigenvalue weighted by Crippen LogP contribution is -1.95. The van der Waals surface area contributed by atoms with Crippen LogP contribution in [0.3, 0.4) is 0 Å². The average Bonchev–Trinajstić information content (AvgIpc) is 3.43. The summed E-state index contributed by atoms with van der Waals surface area (Å²) >= 11 is 1.85. The van der Waals surface area contributed by atoms with Crippen molar-refractivity contribution in [2.24, 2.45) is 0 Å². The van der Waals surface area contributed by atoms with Crippen LogP contribution in [-0.4, -0.2) is 9.97 Å². The van der Waals surface area contributed by atoms with Crippen molar-refractivity contribution in [2.75, 3.05) is 0 Å². The Labute approximate surface area is 242 Å². The summed E-state index contributed by atoms with van der Waals surface area (Å²) in [7, 11) is 0. The molecule has 41 heavy (non-hydrogen) atoms. The van der Waals surface area contributed by atoms with Crippen molar-refractivity contribution in [3.63, 3.8) is 0 Å². The quantitative estimate of drug-likeness (QED) is 0.222. The minimum Gasteiger partial charge on any atom is -0.228 e. The van der Waals surface area contributed by atoms with Crippen LogP contribution in [0.25, 0.3) is 76.0 Å². The Morgan fingerprint density at radius 2 is 0.951 bits per heavy atom. The van der Waals surface area contributed by atoms with Gasteiger partial charge in [-0.25, -0.2) is 9.97 Å². The van der Waals surface area contributed by atoms with Crippen LogP contribution >= 0.6 is 11.3 Å². The summed E-state index contributed by atoms with van der Waals surface area (Å²) in [5.74, 6) is 0.737. The first kappa shape index (κ1) is 23.7. The van der Waals surface area contributed by atoms with E-state index < -0.39 is 0 Å². The van der Waals surface area contributed by atoms with E-state index in [2.05, 4.69) is 121 Å². The van der Waals surface area contributed by atoms with Gasteiger partial charge in [0.05, 0.1) is 11.2 Å². The molecule has 192 valence electrons. The highest BCUT2D eigenvalue weighted by molar-refractivity contribution is 7.25. The first-order valence-electron chi connectivity index (χ1n) is 13.7. The molecule has 0 unspecified atom stereocenters. The van der Waals surface area contributed by atoms with Crippen molar-refractivity contribution in [2.45, 2.75) is 0 Å². The zero-order valence-corrected chi connectivity index (χ0v) is 23.0. The van der Waals surface area contributed by atoms with Crippen LogP contribution in [0.5, 0.6) is 0 Å². The van der Waals surface area contributed by atoms with E-state index in [0.717, 1.165) is 39.1 Å². The number of hydrogen-bond donors (Lipinski definition) is 0. The Hall–Kier alpha value is -5.12. The van der Waals surface area contributed by atoms with Gasteiger partial charge in [0.1, 0.15) is 0 Å². The smallest absolute Gasteiger partial charge is 0.160 e. The normalized spacial score (nSPS) is 11.4. The Kier molecular flexibility index (Phi) is 5.68. The molecule has 8 aromatic rings. The predicted octanol–water partition coefficient (Wildman–Crippen LogP) is 10.7. The molecule has 0 fully saturated rings. The monoisotopic (exact) mass is 540 g/mol. The summed E-state index contributed by atoms with van der Waals surface area (Å²) < 4.78 is 2.66. The van der Waals surface area contributed by atoms with E-state index in [1.165, 1.54) is 36.9 Å². The fourth-order valence-electron chi connectivity index (χ4n) is 5.60. The van der Waals surface area contributed by atoms with E-state index in [-0.39, 0.29) is 0 Å². The van der Waals surface area contributed by atoms with Crippen LogP contribution < -0.4 is 0 Å². The first-order valence-corrected chi connectivity index (χ1v) is 14.6. The zero-order chi connectivity index (χ0) is 27.2. The van der Waals surface area contributed by atoms with Crippen molar-refractivity contribution in [3.8, 4) is 44.9 Å². The van der Waals surface area contributed by atoms with E-state index in [9.17, 15) is 0 Å². The van der Waals surface area contributed by atoms with Gasteiger partial charge in [-0.1, -0.05) is 115 Å². The van der Waals surface area contributed by atoms with Gasteiger partial charge in [-0.2, -0.15) is 0 Å². The number of thiophene rings is 1. The van der Waals surface area contributed by atoms with E-state index >= 15 is 0 Å². The van der Waals surface area contributed by atoms with Crippen LogP contribution in [0.2, 0.25) is 0 Å². The molecule has 0 aliphatic rings. The Morgan fingerprint density at radius 1 is 0.366 bits per heavy atom. The molecule has 2 nitrogen and oxygen atoms in total. The molecule has 0 bridgehead atoms.